The van der Waals surface area contributed by atoms with E-state index in [2.05, 4.69) is 52.4 Å². The topological polar surface area (TPSA) is 32.3 Å². The van der Waals surface area contributed by atoms with E-state index >= 15 is 0 Å². The Kier molecular flexibility index (Phi) is 5.49. The molecule has 1 aliphatic heterocycles. The largest absolute Gasteiger partial charge is 0.360 e. The second-order valence-electron chi connectivity index (χ2n) is 7.09. The molecule has 0 radical (unpaired) electrons. The first-order chi connectivity index (χ1) is 13.7. The van der Waals surface area contributed by atoms with Gasteiger partial charge in [0.15, 0.2) is 0 Å². The molecule has 1 unspecified atom stereocenters. The van der Waals surface area contributed by atoms with Crippen LogP contribution in [0, 0.1) is 0 Å². The van der Waals surface area contributed by atoms with Gasteiger partial charge in [0.1, 0.15) is 6.17 Å². The Morgan fingerprint density at radius 3 is 2.39 bits per heavy atom. The zero-order valence-corrected chi connectivity index (χ0v) is 17.4. The van der Waals surface area contributed by atoms with Crippen molar-refractivity contribution in [1.29, 1.82) is 0 Å². The van der Waals surface area contributed by atoms with Gasteiger partial charge in [-0.1, -0.05) is 65.7 Å². The van der Waals surface area contributed by atoms with Gasteiger partial charge in [0.2, 0.25) is 0 Å². The molecule has 0 saturated heterocycles. The highest BCUT2D eigenvalue weighted by Crippen LogP contribution is 2.37. The molecule has 3 nitrogen and oxygen atoms in total. The van der Waals surface area contributed by atoms with Crippen LogP contribution in [0.4, 0.5) is 11.4 Å². The predicted octanol–water partition coefficient (Wildman–Crippen LogP) is 6.56. The Morgan fingerprint density at radius 2 is 1.68 bits per heavy atom. The molecular formula is C24H23BrN2O. The van der Waals surface area contributed by atoms with Gasteiger partial charge in [-0.25, -0.2) is 0 Å². The smallest absolute Gasteiger partial charge is 0.262 e. The number of halogens is 1. The third-order valence-corrected chi connectivity index (χ3v) is 5.67. The van der Waals surface area contributed by atoms with E-state index < -0.39 is 0 Å². The fourth-order valence-corrected chi connectivity index (χ4v) is 3.87. The molecule has 1 aliphatic rings. The van der Waals surface area contributed by atoms with E-state index in [4.69, 9.17) is 0 Å². The quantitative estimate of drug-likeness (QED) is 0.492. The first kappa shape index (κ1) is 18.8. The second kappa shape index (κ2) is 8.19. The van der Waals surface area contributed by atoms with E-state index in [0.717, 1.165) is 27.8 Å². The average molecular weight is 435 g/mol. The van der Waals surface area contributed by atoms with Gasteiger partial charge in [-0.15, -0.1) is 0 Å². The zero-order chi connectivity index (χ0) is 19.5. The van der Waals surface area contributed by atoms with Crippen LogP contribution in [0.1, 0.15) is 47.4 Å². The summed E-state index contributed by atoms with van der Waals surface area (Å²) in [7, 11) is 0. The summed E-state index contributed by atoms with van der Waals surface area (Å²) in [4.78, 5) is 15.3. The maximum Gasteiger partial charge on any atom is 0.262 e. The summed E-state index contributed by atoms with van der Waals surface area (Å²) in [5.41, 5.74) is 4.83. The van der Waals surface area contributed by atoms with Crippen LogP contribution in [0.15, 0.2) is 77.3 Å². The molecule has 4 heteroatoms. The van der Waals surface area contributed by atoms with Crippen molar-refractivity contribution in [3.63, 3.8) is 0 Å². The van der Waals surface area contributed by atoms with E-state index in [-0.39, 0.29) is 12.1 Å². The number of nitrogens with zero attached hydrogens (tertiary/aromatic N) is 1. The van der Waals surface area contributed by atoms with Gasteiger partial charge in [-0.05, 0) is 60.4 Å². The third-order valence-electron chi connectivity index (χ3n) is 5.15. The summed E-state index contributed by atoms with van der Waals surface area (Å²) in [6.45, 7) is 2.20. The second-order valence-corrected chi connectivity index (χ2v) is 8.00. The predicted molar refractivity (Wildman–Crippen MR) is 119 cm³/mol. The van der Waals surface area contributed by atoms with E-state index in [1.54, 1.807) is 0 Å². The normalized spacial score (nSPS) is 15.9. The van der Waals surface area contributed by atoms with Crippen molar-refractivity contribution in [2.75, 3.05) is 10.2 Å². The van der Waals surface area contributed by atoms with Crippen LogP contribution in [0.2, 0.25) is 0 Å². The molecule has 0 bridgehead atoms. The summed E-state index contributed by atoms with van der Waals surface area (Å²) in [6, 6.07) is 24.2. The Bertz CT molecular complexity index is 967. The standard InChI is InChI=1S/C24H23BrN2O/c1-2-3-6-17-9-15-20(16-10-17)27-23(18-11-13-19(25)14-12-18)26-22-8-5-4-7-21(22)24(27)28/h4-5,7-16,23,26H,2-3,6H2,1H3. The van der Waals surface area contributed by atoms with Crippen LogP contribution in [0.25, 0.3) is 0 Å². The van der Waals surface area contributed by atoms with Gasteiger partial charge in [-0.3, -0.25) is 9.69 Å². The van der Waals surface area contributed by atoms with Crippen molar-refractivity contribution >= 4 is 33.2 Å². The average Bonchev–Trinajstić information content (AvgIpc) is 2.73. The number of benzene rings is 3. The fourth-order valence-electron chi connectivity index (χ4n) is 3.60. The highest BCUT2D eigenvalue weighted by molar-refractivity contribution is 9.10. The molecule has 1 N–H and O–H groups in total. The minimum atomic E-state index is -0.253. The van der Waals surface area contributed by atoms with Gasteiger partial charge in [0.05, 0.1) is 5.56 Å². The molecule has 3 aromatic carbocycles. The van der Waals surface area contributed by atoms with Crippen LogP contribution >= 0.6 is 15.9 Å². The van der Waals surface area contributed by atoms with Crippen molar-refractivity contribution in [3.8, 4) is 0 Å². The maximum absolute atomic E-state index is 13.4. The molecule has 1 heterocycles. The molecule has 0 fully saturated rings. The van der Waals surface area contributed by atoms with Gasteiger partial charge < -0.3 is 5.32 Å². The zero-order valence-electron chi connectivity index (χ0n) is 15.9. The van der Waals surface area contributed by atoms with E-state index in [1.165, 1.54) is 18.4 Å². The van der Waals surface area contributed by atoms with Gasteiger partial charge in [0, 0.05) is 15.8 Å². The first-order valence-electron chi connectivity index (χ1n) is 9.71. The maximum atomic E-state index is 13.4. The van der Waals surface area contributed by atoms with Crippen molar-refractivity contribution in [2.24, 2.45) is 0 Å². The molecule has 1 amide bonds. The minimum absolute atomic E-state index is 0.0172. The highest BCUT2D eigenvalue weighted by Gasteiger charge is 2.33. The number of carbonyl (C=O) groups excluding carboxylic acids is 1. The summed E-state index contributed by atoms with van der Waals surface area (Å²) in [5, 5.41) is 3.55. The number of fused-ring (bicyclic) bond motifs is 1. The van der Waals surface area contributed by atoms with E-state index in [9.17, 15) is 4.79 Å². The van der Waals surface area contributed by atoms with Crippen LogP contribution in [0.3, 0.4) is 0 Å². The SMILES string of the molecule is CCCCc1ccc(N2C(=O)c3ccccc3NC2c2ccc(Br)cc2)cc1. The van der Waals surface area contributed by atoms with E-state index in [1.807, 2.05) is 53.4 Å². The number of hydrogen-bond donors (Lipinski definition) is 1. The van der Waals surface area contributed by atoms with Crippen molar-refractivity contribution in [2.45, 2.75) is 32.4 Å². The fraction of sp³-hybridized carbons (Fsp3) is 0.208. The monoisotopic (exact) mass is 434 g/mol. The Balaban J connectivity index is 1.74. The van der Waals surface area contributed by atoms with E-state index in [0.29, 0.717) is 5.56 Å². The number of hydrogen-bond acceptors (Lipinski definition) is 2. The highest BCUT2D eigenvalue weighted by atomic mass is 79.9. The number of nitrogens with one attached hydrogen (secondary N) is 1. The summed E-state index contributed by atoms with van der Waals surface area (Å²) >= 11 is 3.49. The molecule has 142 valence electrons. The lowest BCUT2D eigenvalue weighted by molar-refractivity contribution is 0.0975. The van der Waals surface area contributed by atoms with Crippen molar-refractivity contribution in [1.82, 2.24) is 0 Å². The number of carbonyl (C=O) groups is 1. The summed E-state index contributed by atoms with van der Waals surface area (Å²) in [5.74, 6) is 0.0172. The number of amides is 1. The molecule has 0 aliphatic carbocycles. The Hall–Kier alpha value is -2.59. The summed E-state index contributed by atoms with van der Waals surface area (Å²) < 4.78 is 1.02. The molecule has 0 aromatic heterocycles. The van der Waals surface area contributed by atoms with Gasteiger partial charge >= 0.3 is 0 Å². The van der Waals surface area contributed by atoms with Crippen LogP contribution in [-0.4, -0.2) is 5.91 Å². The molecule has 0 spiro atoms. The first-order valence-corrected chi connectivity index (χ1v) is 10.5. The minimum Gasteiger partial charge on any atom is -0.360 e. The lowest BCUT2D eigenvalue weighted by Crippen LogP contribution is -2.43. The van der Waals surface area contributed by atoms with Crippen LogP contribution in [0.5, 0.6) is 0 Å². The molecule has 4 rings (SSSR count). The third kappa shape index (κ3) is 3.69. The summed E-state index contributed by atoms with van der Waals surface area (Å²) in [6.07, 6.45) is 3.18. The number of para-hydroxylation sites is 1. The van der Waals surface area contributed by atoms with Crippen LogP contribution in [-0.2, 0) is 6.42 Å². The molecule has 28 heavy (non-hydrogen) atoms. The lowest BCUT2D eigenvalue weighted by Gasteiger charge is -2.38. The molecular weight excluding hydrogens is 412 g/mol. The molecule has 1 atom stereocenters. The van der Waals surface area contributed by atoms with Crippen molar-refractivity contribution in [3.05, 3.63) is 94.0 Å². The number of anilines is 2. The number of rotatable bonds is 5. The van der Waals surface area contributed by atoms with Gasteiger partial charge in [-0.2, -0.15) is 0 Å². The molecule has 0 saturated carbocycles. The van der Waals surface area contributed by atoms with Crippen LogP contribution < -0.4 is 10.2 Å². The molecule has 3 aromatic rings. The van der Waals surface area contributed by atoms with Gasteiger partial charge in [0.25, 0.3) is 5.91 Å². The number of unbranched alkanes of at least 4 members (excludes halogenated alkanes) is 1. The lowest BCUT2D eigenvalue weighted by atomic mass is 10.0. The Labute approximate surface area is 174 Å². The number of aryl methyl sites for hydroxylation is 1. The Morgan fingerprint density at radius 1 is 0.964 bits per heavy atom. The van der Waals surface area contributed by atoms with Crippen molar-refractivity contribution < 1.29 is 4.79 Å².